The van der Waals surface area contributed by atoms with Crippen LogP contribution in [0, 0.1) is 0 Å². The monoisotopic (exact) mass is 662 g/mol. The van der Waals surface area contributed by atoms with Crippen LogP contribution in [0.2, 0.25) is 0 Å². The number of piperidine rings is 1. The second-order valence-corrected chi connectivity index (χ2v) is 12.5. The minimum Gasteiger partial charge on any atom is -0.473 e. The first-order chi connectivity index (χ1) is 23.1. The van der Waals surface area contributed by atoms with E-state index in [4.69, 9.17) is 24.2 Å². The zero-order chi connectivity index (χ0) is 33.4. The van der Waals surface area contributed by atoms with Crippen LogP contribution in [0.3, 0.4) is 0 Å². The quantitative estimate of drug-likeness (QED) is 0.158. The molecule has 10 nitrogen and oxygen atoms in total. The number of pyridine rings is 1. The van der Waals surface area contributed by atoms with E-state index in [2.05, 4.69) is 21.5 Å². The molecule has 2 aliphatic rings. The van der Waals surface area contributed by atoms with E-state index >= 15 is 0 Å². The summed E-state index contributed by atoms with van der Waals surface area (Å²) in [4.78, 5) is 24.5. The SMILES string of the molecule is COC(=O)c1ccc2nc(C(C)N3CCC(c4cccc(OCc5ccc6cnn(CC(F)(F)F)c6c5)n4)CC3)n(C[C@@H]3CCO3)c2c1. The Hall–Kier alpha value is -4.49. The van der Waals surface area contributed by atoms with Crippen LogP contribution < -0.4 is 4.74 Å². The zero-order valence-corrected chi connectivity index (χ0v) is 26.8. The maximum atomic E-state index is 13.0. The highest BCUT2D eigenvalue weighted by molar-refractivity contribution is 5.93. The van der Waals surface area contributed by atoms with E-state index in [9.17, 15) is 18.0 Å². The Labute approximate surface area is 275 Å². The van der Waals surface area contributed by atoms with Gasteiger partial charge in [-0.2, -0.15) is 18.3 Å². The van der Waals surface area contributed by atoms with Crippen molar-refractivity contribution >= 4 is 27.9 Å². The number of aromatic nitrogens is 5. The van der Waals surface area contributed by atoms with Crippen molar-refractivity contribution in [2.45, 2.75) is 70.1 Å². The average Bonchev–Trinajstić information content (AvgIpc) is 3.64. The van der Waals surface area contributed by atoms with Gasteiger partial charge < -0.3 is 18.8 Å². The number of nitrogens with zero attached hydrogens (tertiary/aromatic N) is 6. The van der Waals surface area contributed by atoms with Gasteiger partial charge in [0, 0.05) is 29.7 Å². The Balaban J connectivity index is 1.01. The second kappa shape index (κ2) is 13.2. The number of halogens is 3. The minimum absolute atomic E-state index is 0.0485. The number of ether oxygens (including phenoxy) is 3. The summed E-state index contributed by atoms with van der Waals surface area (Å²) in [5.74, 6) is 1.31. The van der Waals surface area contributed by atoms with Crippen molar-refractivity contribution in [3.8, 4) is 5.88 Å². The minimum atomic E-state index is -4.36. The molecule has 252 valence electrons. The Bertz CT molecular complexity index is 1930. The van der Waals surface area contributed by atoms with Crippen molar-refractivity contribution in [1.82, 2.24) is 29.2 Å². The number of likely N-dealkylation sites (tertiary alicyclic amines) is 1. The number of carbonyl (C=O) groups excluding carboxylic acids is 1. The van der Waals surface area contributed by atoms with Gasteiger partial charge in [-0.25, -0.2) is 14.8 Å². The van der Waals surface area contributed by atoms with E-state index in [1.165, 1.54) is 13.3 Å². The Morgan fingerprint density at radius 1 is 1.04 bits per heavy atom. The van der Waals surface area contributed by atoms with Crippen LogP contribution in [0.15, 0.2) is 60.8 Å². The molecule has 2 saturated heterocycles. The van der Waals surface area contributed by atoms with Crippen LogP contribution in [-0.2, 0) is 29.2 Å². The van der Waals surface area contributed by atoms with E-state index < -0.39 is 12.7 Å². The molecule has 0 aliphatic carbocycles. The zero-order valence-electron chi connectivity index (χ0n) is 26.8. The molecule has 48 heavy (non-hydrogen) atoms. The van der Waals surface area contributed by atoms with Crippen molar-refractivity contribution in [3.05, 3.63) is 83.4 Å². The third-order valence-electron chi connectivity index (χ3n) is 9.42. The molecule has 0 bridgehead atoms. The Morgan fingerprint density at radius 2 is 1.85 bits per heavy atom. The molecule has 3 aromatic heterocycles. The van der Waals surface area contributed by atoms with Crippen molar-refractivity contribution in [3.63, 3.8) is 0 Å². The summed E-state index contributed by atoms with van der Waals surface area (Å²) in [6.07, 6.45) is 0.0308. The van der Waals surface area contributed by atoms with Crippen molar-refractivity contribution in [2.75, 3.05) is 26.8 Å². The maximum Gasteiger partial charge on any atom is 0.408 e. The smallest absolute Gasteiger partial charge is 0.408 e. The molecular formula is C35H37F3N6O4. The van der Waals surface area contributed by atoms with Gasteiger partial charge in [0.25, 0.3) is 0 Å². The molecular weight excluding hydrogens is 625 g/mol. The molecule has 0 spiro atoms. The second-order valence-electron chi connectivity index (χ2n) is 12.5. The molecule has 1 unspecified atom stereocenters. The normalized spacial score (nSPS) is 18.2. The van der Waals surface area contributed by atoms with Gasteiger partial charge in [-0.1, -0.05) is 18.2 Å². The van der Waals surface area contributed by atoms with Gasteiger partial charge in [0.2, 0.25) is 5.88 Å². The van der Waals surface area contributed by atoms with Gasteiger partial charge >= 0.3 is 12.1 Å². The van der Waals surface area contributed by atoms with Crippen molar-refractivity contribution in [1.29, 1.82) is 0 Å². The van der Waals surface area contributed by atoms with Gasteiger partial charge in [-0.3, -0.25) is 9.58 Å². The lowest BCUT2D eigenvalue weighted by molar-refractivity contribution is -0.141. The molecule has 5 aromatic rings. The lowest BCUT2D eigenvalue weighted by Gasteiger charge is -2.36. The van der Waals surface area contributed by atoms with Gasteiger partial charge in [0.1, 0.15) is 19.0 Å². The maximum absolute atomic E-state index is 13.0. The molecule has 0 radical (unpaired) electrons. The van der Waals surface area contributed by atoms with Gasteiger partial charge in [-0.15, -0.1) is 0 Å². The number of hydrogen-bond donors (Lipinski definition) is 0. The lowest BCUT2D eigenvalue weighted by atomic mass is 9.92. The molecule has 7 rings (SSSR count). The summed E-state index contributed by atoms with van der Waals surface area (Å²) in [6.45, 7) is 4.38. The number of rotatable bonds is 10. The molecule has 0 N–H and O–H groups in total. The number of esters is 1. The van der Waals surface area contributed by atoms with E-state index in [1.807, 2.05) is 30.3 Å². The molecule has 2 aromatic carbocycles. The van der Waals surface area contributed by atoms with Crippen molar-refractivity contribution < 1.29 is 32.2 Å². The van der Waals surface area contributed by atoms with E-state index in [0.29, 0.717) is 28.9 Å². The Morgan fingerprint density at radius 3 is 2.58 bits per heavy atom. The molecule has 0 amide bonds. The molecule has 5 heterocycles. The van der Waals surface area contributed by atoms with Crippen LogP contribution >= 0.6 is 0 Å². The molecule has 2 fully saturated rings. The van der Waals surface area contributed by atoms with E-state index in [-0.39, 0.29) is 30.6 Å². The summed E-state index contributed by atoms with van der Waals surface area (Å²) >= 11 is 0. The largest absolute Gasteiger partial charge is 0.473 e. The first-order valence-electron chi connectivity index (χ1n) is 16.2. The predicted molar refractivity (Wildman–Crippen MR) is 172 cm³/mol. The summed E-state index contributed by atoms with van der Waals surface area (Å²) < 4.78 is 58.8. The highest BCUT2D eigenvalue weighted by atomic mass is 19.4. The number of imidazole rings is 1. The highest BCUT2D eigenvalue weighted by Crippen LogP contribution is 2.34. The third kappa shape index (κ3) is 6.74. The molecule has 13 heteroatoms. The number of fused-ring (bicyclic) bond motifs is 2. The first kappa shape index (κ1) is 32.1. The molecule has 0 saturated carbocycles. The van der Waals surface area contributed by atoms with E-state index in [1.54, 1.807) is 24.3 Å². The number of alkyl halides is 3. The summed E-state index contributed by atoms with van der Waals surface area (Å²) in [6, 6.07) is 16.6. The number of methoxy groups -OCH3 is 1. The number of carbonyl (C=O) groups is 1. The summed E-state index contributed by atoms with van der Waals surface area (Å²) in [7, 11) is 1.38. The fourth-order valence-electron chi connectivity index (χ4n) is 6.67. The van der Waals surface area contributed by atoms with E-state index in [0.717, 1.165) is 71.8 Å². The van der Waals surface area contributed by atoms with Gasteiger partial charge in [-0.05, 0) is 75.2 Å². The van der Waals surface area contributed by atoms with Crippen LogP contribution in [0.25, 0.3) is 21.9 Å². The highest BCUT2D eigenvalue weighted by Gasteiger charge is 2.31. The molecule has 2 aliphatic heterocycles. The summed E-state index contributed by atoms with van der Waals surface area (Å²) in [5, 5.41) is 4.53. The fourth-order valence-corrected chi connectivity index (χ4v) is 6.67. The lowest BCUT2D eigenvalue weighted by Crippen LogP contribution is -2.37. The van der Waals surface area contributed by atoms with Crippen LogP contribution in [0.1, 0.15) is 65.6 Å². The number of benzene rings is 2. The van der Waals surface area contributed by atoms with Gasteiger partial charge in [0.05, 0.1) is 54.1 Å². The third-order valence-corrected chi connectivity index (χ3v) is 9.42. The van der Waals surface area contributed by atoms with Crippen molar-refractivity contribution in [2.24, 2.45) is 0 Å². The van der Waals surface area contributed by atoms with Crippen LogP contribution in [0.5, 0.6) is 5.88 Å². The standard InChI is InChI=1S/C35H37F3N6O4/c1-22(33-41-29-9-8-25(34(45)46-2)17-31(29)43(33)19-27-12-15-47-27)42-13-10-24(11-14-42)28-4-3-5-32(40-28)48-20-23-6-7-26-18-39-44(30(26)16-23)21-35(36,37)38/h3-9,16-18,22,24,27H,10-15,19-21H2,1-2H3/t22?,27-/m0/s1. The van der Waals surface area contributed by atoms with Crippen LogP contribution in [0.4, 0.5) is 13.2 Å². The topological polar surface area (TPSA) is 96.5 Å². The Kier molecular flexibility index (Phi) is 8.82. The van der Waals surface area contributed by atoms with Gasteiger partial charge in [0.15, 0.2) is 0 Å². The molecule has 2 atom stereocenters. The fraction of sp³-hybridized carbons (Fsp3) is 0.429. The first-order valence-corrected chi connectivity index (χ1v) is 16.2. The van der Waals surface area contributed by atoms with Crippen LogP contribution in [-0.4, -0.2) is 74.3 Å². The summed E-state index contributed by atoms with van der Waals surface area (Å²) in [5.41, 5.74) is 4.34. The predicted octanol–water partition coefficient (Wildman–Crippen LogP) is 6.44. The number of hydrogen-bond acceptors (Lipinski definition) is 8. The average molecular weight is 663 g/mol.